The molecule has 1 fully saturated rings. The van der Waals surface area contributed by atoms with Gasteiger partial charge in [0, 0.05) is 31.1 Å². The molecule has 0 bridgehead atoms. The van der Waals surface area contributed by atoms with Gasteiger partial charge < -0.3 is 15.5 Å². The molecule has 31 heavy (non-hydrogen) atoms. The molecule has 0 spiro atoms. The monoisotopic (exact) mass is 461 g/mol. The first kappa shape index (κ1) is 23.6. The number of carbonyl (C=O) groups excluding carboxylic acids is 2. The van der Waals surface area contributed by atoms with Crippen molar-refractivity contribution in [3.05, 3.63) is 63.6 Å². The van der Waals surface area contributed by atoms with Crippen LogP contribution >= 0.6 is 23.2 Å². The summed E-state index contributed by atoms with van der Waals surface area (Å²) in [5.74, 6) is -0.0583. The van der Waals surface area contributed by atoms with E-state index in [0.717, 1.165) is 32.5 Å². The number of amides is 2. The predicted molar refractivity (Wildman–Crippen MR) is 127 cm³/mol. The maximum atomic E-state index is 12.9. The van der Waals surface area contributed by atoms with Crippen LogP contribution < -0.4 is 10.6 Å². The Morgan fingerprint density at radius 1 is 1.16 bits per heavy atom. The molecular weight excluding hydrogens is 433 g/mol. The zero-order valence-electron chi connectivity index (χ0n) is 17.8. The quantitative estimate of drug-likeness (QED) is 0.550. The first-order valence-electron chi connectivity index (χ1n) is 10.8. The van der Waals surface area contributed by atoms with E-state index in [2.05, 4.69) is 39.8 Å². The summed E-state index contributed by atoms with van der Waals surface area (Å²) in [6, 6.07) is 13.6. The summed E-state index contributed by atoms with van der Waals surface area (Å²) in [4.78, 5) is 27.4. The van der Waals surface area contributed by atoms with Gasteiger partial charge in [0.25, 0.3) is 5.91 Å². The molecule has 0 aromatic heterocycles. The fraction of sp³-hybridized carbons (Fsp3) is 0.417. The normalized spacial score (nSPS) is 16.3. The van der Waals surface area contributed by atoms with Gasteiger partial charge in [0.1, 0.15) is 0 Å². The highest BCUT2D eigenvalue weighted by Gasteiger charge is 2.24. The van der Waals surface area contributed by atoms with E-state index in [4.69, 9.17) is 23.2 Å². The Bertz CT molecular complexity index is 905. The van der Waals surface area contributed by atoms with Gasteiger partial charge in [-0.25, -0.2) is 0 Å². The third-order valence-corrected chi connectivity index (χ3v) is 6.04. The summed E-state index contributed by atoms with van der Waals surface area (Å²) < 4.78 is 0. The minimum atomic E-state index is -0.279. The number of benzene rings is 2. The van der Waals surface area contributed by atoms with Crippen molar-refractivity contribution in [2.75, 3.05) is 31.5 Å². The van der Waals surface area contributed by atoms with E-state index in [0.29, 0.717) is 41.6 Å². The maximum Gasteiger partial charge on any atom is 0.253 e. The van der Waals surface area contributed by atoms with Gasteiger partial charge in [0.2, 0.25) is 5.91 Å². The largest absolute Gasteiger partial charge is 0.352 e. The Morgan fingerprint density at radius 2 is 1.94 bits per heavy atom. The van der Waals surface area contributed by atoms with E-state index >= 15 is 0 Å². The highest BCUT2D eigenvalue weighted by molar-refractivity contribution is 6.38. The standard InChI is InChI=1S/C24H29Cl2N3O2/c1-2-6-22(30)28-23-20(13-19(25)14-21(23)26)24(31)27-15-18-10-12-29(16-18)11-9-17-7-4-3-5-8-17/h3-5,7-8,13-14,18H,2,6,9-12,15-16H2,1H3,(H,27,31)(H,28,30). The molecule has 166 valence electrons. The van der Waals surface area contributed by atoms with E-state index < -0.39 is 0 Å². The third-order valence-electron chi connectivity index (χ3n) is 5.52. The second-order valence-corrected chi connectivity index (χ2v) is 8.85. The lowest BCUT2D eigenvalue weighted by atomic mass is 10.1. The number of likely N-dealkylation sites (tertiary alicyclic amines) is 1. The zero-order chi connectivity index (χ0) is 22.2. The van der Waals surface area contributed by atoms with Crippen LogP contribution in [0.1, 0.15) is 42.1 Å². The minimum Gasteiger partial charge on any atom is -0.352 e. The minimum absolute atomic E-state index is 0.175. The Balaban J connectivity index is 1.54. The van der Waals surface area contributed by atoms with Crippen LogP contribution in [0.15, 0.2) is 42.5 Å². The summed E-state index contributed by atoms with van der Waals surface area (Å²) in [7, 11) is 0. The van der Waals surface area contributed by atoms with Crippen LogP contribution in [0.2, 0.25) is 10.0 Å². The van der Waals surface area contributed by atoms with Gasteiger partial charge >= 0.3 is 0 Å². The third kappa shape index (κ3) is 6.96. The molecule has 2 amide bonds. The van der Waals surface area contributed by atoms with Crippen molar-refractivity contribution in [1.29, 1.82) is 0 Å². The van der Waals surface area contributed by atoms with Gasteiger partial charge in [-0.15, -0.1) is 0 Å². The molecule has 1 saturated heterocycles. The first-order chi connectivity index (χ1) is 15.0. The highest BCUT2D eigenvalue weighted by Crippen LogP contribution is 2.30. The van der Waals surface area contributed by atoms with E-state index in [1.54, 1.807) is 6.07 Å². The Hall–Kier alpha value is -2.08. The summed E-state index contributed by atoms with van der Waals surface area (Å²) >= 11 is 12.4. The SMILES string of the molecule is CCCC(=O)Nc1c(Cl)cc(Cl)cc1C(=O)NCC1CCN(CCc2ccccc2)C1. The molecule has 3 rings (SSSR count). The second-order valence-electron chi connectivity index (χ2n) is 8.01. The lowest BCUT2D eigenvalue weighted by molar-refractivity contribution is -0.116. The van der Waals surface area contributed by atoms with Crippen LogP contribution in [0.4, 0.5) is 5.69 Å². The van der Waals surface area contributed by atoms with Gasteiger partial charge in [-0.3, -0.25) is 9.59 Å². The molecule has 0 aliphatic carbocycles. The molecule has 1 unspecified atom stereocenters. The number of halogens is 2. The molecule has 2 aromatic carbocycles. The molecule has 5 nitrogen and oxygen atoms in total. The predicted octanol–water partition coefficient (Wildman–Crippen LogP) is 5.03. The van der Waals surface area contributed by atoms with Gasteiger partial charge in [-0.1, -0.05) is 60.5 Å². The summed E-state index contributed by atoms with van der Waals surface area (Å²) in [5, 5.41) is 6.37. The Morgan fingerprint density at radius 3 is 2.68 bits per heavy atom. The van der Waals surface area contributed by atoms with Gasteiger partial charge in [0.05, 0.1) is 16.3 Å². The Labute approximate surface area is 194 Å². The van der Waals surface area contributed by atoms with Crippen LogP contribution in [-0.2, 0) is 11.2 Å². The van der Waals surface area contributed by atoms with E-state index in [1.807, 2.05) is 13.0 Å². The van der Waals surface area contributed by atoms with Crippen molar-refractivity contribution in [1.82, 2.24) is 10.2 Å². The number of hydrogen-bond acceptors (Lipinski definition) is 3. The van der Waals surface area contributed by atoms with Crippen molar-refractivity contribution >= 4 is 40.7 Å². The number of nitrogens with one attached hydrogen (secondary N) is 2. The molecule has 1 aliphatic rings. The van der Waals surface area contributed by atoms with Crippen LogP contribution in [0, 0.1) is 5.92 Å². The topological polar surface area (TPSA) is 61.4 Å². The number of carbonyl (C=O) groups is 2. The summed E-state index contributed by atoms with van der Waals surface area (Å²) in [6.07, 6.45) is 3.15. The molecule has 0 radical (unpaired) electrons. The zero-order valence-corrected chi connectivity index (χ0v) is 19.3. The van der Waals surface area contributed by atoms with Crippen LogP contribution in [0.5, 0.6) is 0 Å². The van der Waals surface area contributed by atoms with Crippen molar-refractivity contribution in [3.63, 3.8) is 0 Å². The number of nitrogens with zero attached hydrogens (tertiary/aromatic N) is 1. The Kier molecular flexibility index (Phi) is 8.76. The first-order valence-corrected chi connectivity index (χ1v) is 11.5. The molecule has 2 aromatic rings. The highest BCUT2D eigenvalue weighted by atomic mass is 35.5. The van der Waals surface area contributed by atoms with Gasteiger partial charge in [0.15, 0.2) is 0 Å². The van der Waals surface area contributed by atoms with Crippen LogP contribution in [0.3, 0.4) is 0 Å². The number of hydrogen-bond donors (Lipinski definition) is 2. The van der Waals surface area contributed by atoms with E-state index in [1.165, 1.54) is 11.6 Å². The maximum absolute atomic E-state index is 12.9. The molecular formula is C24H29Cl2N3O2. The second kappa shape index (κ2) is 11.5. The average Bonchev–Trinajstić information content (AvgIpc) is 3.21. The molecule has 7 heteroatoms. The van der Waals surface area contributed by atoms with Crippen molar-refractivity contribution in [2.24, 2.45) is 5.92 Å². The summed E-state index contributed by atoms with van der Waals surface area (Å²) in [6.45, 7) is 5.51. The molecule has 2 N–H and O–H groups in total. The van der Waals surface area contributed by atoms with Crippen LogP contribution in [0.25, 0.3) is 0 Å². The molecule has 0 saturated carbocycles. The molecule has 1 heterocycles. The van der Waals surface area contributed by atoms with Crippen molar-refractivity contribution in [3.8, 4) is 0 Å². The summed E-state index contributed by atoms with van der Waals surface area (Å²) in [5.41, 5.74) is 1.95. The lowest BCUT2D eigenvalue weighted by Gasteiger charge is -2.17. The lowest BCUT2D eigenvalue weighted by Crippen LogP contribution is -2.32. The fourth-order valence-corrected chi connectivity index (χ4v) is 4.40. The van der Waals surface area contributed by atoms with E-state index in [9.17, 15) is 9.59 Å². The van der Waals surface area contributed by atoms with Crippen molar-refractivity contribution in [2.45, 2.75) is 32.6 Å². The smallest absolute Gasteiger partial charge is 0.253 e. The molecule has 1 aliphatic heterocycles. The molecule has 1 atom stereocenters. The van der Waals surface area contributed by atoms with Crippen LogP contribution in [-0.4, -0.2) is 42.9 Å². The van der Waals surface area contributed by atoms with E-state index in [-0.39, 0.29) is 16.8 Å². The average molecular weight is 462 g/mol. The number of rotatable bonds is 9. The van der Waals surface area contributed by atoms with Gasteiger partial charge in [-0.2, -0.15) is 0 Å². The fourth-order valence-electron chi connectivity index (χ4n) is 3.86. The van der Waals surface area contributed by atoms with Gasteiger partial charge in [-0.05, 0) is 49.4 Å². The number of anilines is 1. The van der Waals surface area contributed by atoms with Crippen molar-refractivity contribution < 1.29 is 9.59 Å².